The van der Waals surface area contributed by atoms with Crippen molar-refractivity contribution in [2.24, 2.45) is 0 Å². The molecular weight excluding hydrogens is 518 g/mol. The summed E-state index contributed by atoms with van der Waals surface area (Å²) in [5.41, 5.74) is 2.24. The first-order valence-corrected chi connectivity index (χ1v) is 13.3. The van der Waals surface area contributed by atoms with Gasteiger partial charge in [0.1, 0.15) is 11.9 Å². The lowest BCUT2D eigenvalue weighted by Gasteiger charge is -2.32. The van der Waals surface area contributed by atoms with Gasteiger partial charge in [0.25, 0.3) is 5.91 Å². The molecule has 2 fully saturated rings. The minimum atomic E-state index is -0.753. The lowest BCUT2D eigenvalue weighted by Crippen LogP contribution is -2.43. The zero-order chi connectivity index (χ0) is 27.8. The van der Waals surface area contributed by atoms with E-state index in [0.29, 0.717) is 24.5 Å². The third-order valence-electron chi connectivity index (χ3n) is 7.35. The van der Waals surface area contributed by atoms with E-state index in [2.05, 4.69) is 42.1 Å². The number of aromatic amines is 1. The molecule has 10 nitrogen and oxygen atoms in total. The van der Waals surface area contributed by atoms with Gasteiger partial charge in [0.15, 0.2) is 23.2 Å². The van der Waals surface area contributed by atoms with Crippen LogP contribution >= 0.6 is 0 Å². The quantitative estimate of drug-likeness (QED) is 0.357. The van der Waals surface area contributed by atoms with E-state index in [-0.39, 0.29) is 39.8 Å². The fraction of sp³-hybridized carbons (Fsp3) is 0.357. The molecule has 0 unspecified atom stereocenters. The van der Waals surface area contributed by atoms with Crippen molar-refractivity contribution in [2.75, 3.05) is 51.6 Å². The van der Waals surface area contributed by atoms with Gasteiger partial charge in [0.2, 0.25) is 5.88 Å². The minimum absolute atomic E-state index is 0.0360. The Kier molecular flexibility index (Phi) is 7.03. The summed E-state index contributed by atoms with van der Waals surface area (Å²) in [4.78, 5) is 35.6. The Labute approximate surface area is 230 Å². The molecule has 3 aromatic heterocycles. The Hall–Kier alpha value is -4.16. The van der Waals surface area contributed by atoms with Crippen molar-refractivity contribution in [3.8, 4) is 11.6 Å². The molecule has 0 radical (unpaired) electrons. The number of aromatic nitrogens is 4. The monoisotopic (exact) mass is 548 g/mol. The van der Waals surface area contributed by atoms with Crippen molar-refractivity contribution in [3.63, 3.8) is 0 Å². The molecule has 0 spiro atoms. The molecular formula is C28H30F2N8O2. The molecule has 6 rings (SSSR count). The van der Waals surface area contributed by atoms with Gasteiger partial charge >= 0.3 is 0 Å². The summed E-state index contributed by atoms with van der Waals surface area (Å²) >= 11 is 0. The van der Waals surface area contributed by atoms with Crippen LogP contribution in [0, 0.1) is 18.6 Å². The Morgan fingerprint density at radius 1 is 1.07 bits per heavy atom. The Balaban J connectivity index is 1.28. The summed E-state index contributed by atoms with van der Waals surface area (Å²) in [5, 5.41) is 3.20. The second-order valence-corrected chi connectivity index (χ2v) is 10.3. The zero-order valence-corrected chi connectivity index (χ0v) is 22.4. The summed E-state index contributed by atoms with van der Waals surface area (Å²) in [7, 11) is 2.12. The van der Waals surface area contributed by atoms with E-state index >= 15 is 4.39 Å². The number of halogens is 2. The van der Waals surface area contributed by atoms with Crippen LogP contribution < -0.4 is 10.1 Å². The number of nitrogens with zero attached hydrogens (tertiary/aromatic N) is 6. The summed E-state index contributed by atoms with van der Waals surface area (Å²) in [6, 6.07) is 6.25. The van der Waals surface area contributed by atoms with E-state index in [1.54, 1.807) is 18.0 Å². The van der Waals surface area contributed by atoms with Crippen LogP contribution in [0.1, 0.15) is 28.2 Å². The number of likely N-dealkylation sites (N-methyl/N-ethyl adjacent to an activating group) is 1. The maximum Gasteiger partial charge on any atom is 0.263 e. The number of carbonyl (C=O) groups is 1. The topological polar surface area (TPSA) is 103 Å². The van der Waals surface area contributed by atoms with Crippen molar-refractivity contribution < 1.29 is 18.3 Å². The van der Waals surface area contributed by atoms with E-state index < -0.39 is 11.6 Å². The van der Waals surface area contributed by atoms with Gasteiger partial charge in [-0.05, 0) is 38.6 Å². The van der Waals surface area contributed by atoms with Crippen molar-refractivity contribution in [1.82, 2.24) is 34.6 Å². The zero-order valence-electron chi connectivity index (χ0n) is 22.4. The highest BCUT2D eigenvalue weighted by Crippen LogP contribution is 2.35. The molecule has 12 heteroatoms. The first-order valence-electron chi connectivity index (χ1n) is 13.3. The van der Waals surface area contributed by atoms with Gasteiger partial charge < -0.3 is 24.8 Å². The van der Waals surface area contributed by atoms with Crippen LogP contribution in [0.15, 0.2) is 36.8 Å². The third-order valence-corrected chi connectivity index (χ3v) is 7.35. The predicted octanol–water partition coefficient (Wildman–Crippen LogP) is 4.07. The van der Waals surface area contributed by atoms with Gasteiger partial charge in [-0.2, -0.15) is 0 Å². The number of piperazine rings is 1. The number of ether oxygens (including phenoxy) is 1. The second kappa shape index (κ2) is 10.8. The number of aryl methyl sites for hydroxylation is 1. The lowest BCUT2D eigenvalue weighted by molar-refractivity contribution is 0.0649. The fourth-order valence-electron chi connectivity index (χ4n) is 4.89. The average molecular weight is 549 g/mol. The SMILES string of the molecule is Cc1cc2c(F)c(Oc3ncnc(Nc4ccc(CN5CCN(C)CC5)nc4)c3C(=O)N3CCC3)cc(F)c2[nH]1. The predicted molar refractivity (Wildman–Crippen MR) is 146 cm³/mol. The number of hydrogen-bond acceptors (Lipinski definition) is 8. The number of likely N-dealkylation sites (tertiary alicyclic amines) is 1. The summed E-state index contributed by atoms with van der Waals surface area (Å²) in [6.07, 6.45) is 3.77. The maximum atomic E-state index is 15.3. The van der Waals surface area contributed by atoms with Crippen molar-refractivity contribution in [3.05, 3.63) is 65.4 Å². The number of rotatable bonds is 7. The Bertz CT molecular complexity index is 1550. The van der Waals surface area contributed by atoms with Crippen LogP contribution in [0.2, 0.25) is 0 Å². The van der Waals surface area contributed by atoms with Crippen LogP contribution in [-0.4, -0.2) is 86.9 Å². The van der Waals surface area contributed by atoms with Crippen LogP contribution in [0.5, 0.6) is 11.6 Å². The molecule has 208 valence electrons. The number of benzene rings is 1. The Morgan fingerprint density at radius 3 is 2.58 bits per heavy atom. The van der Waals surface area contributed by atoms with Crippen molar-refractivity contribution in [2.45, 2.75) is 19.9 Å². The Morgan fingerprint density at radius 2 is 1.88 bits per heavy atom. The number of nitrogens with one attached hydrogen (secondary N) is 2. The second-order valence-electron chi connectivity index (χ2n) is 10.3. The highest BCUT2D eigenvalue weighted by atomic mass is 19.1. The van der Waals surface area contributed by atoms with Crippen LogP contribution in [0.4, 0.5) is 20.3 Å². The van der Waals surface area contributed by atoms with E-state index in [1.807, 2.05) is 12.1 Å². The molecule has 2 N–H and O–H groups in total. The highest BCUT2D eigenvalue weighted by molar-refractivity contribution is 6.02. The number of carbonyl (C=O) groups excluding carboxylic acids is 1. The molecule has 5 heterocycles. The molecule has 1 aromatic carbocycles. The first-order chi connectivity index (χ1) is 19.4. The summed E-state index contributed by atoms with van der Waals surface area (Å²) < 4.78 is 35.8. The molecule has 0 bridgehead atoms. The standard InChI is InChI=1S/C28H30F2N8O2/c1-17-12-20-24(30)22(13-21(29)25(20)34-17)40-27-23(28(39)38-6-3-7-38)26(32-16-33-27)35-18-4-5-19(31-14-18)15-37-10-8-36(2)9-11-37/h4-5,12-14,16,34H,3,6-11,15H2,1-2H3,(H,32,33,35). The van der Waals surface area contributed by atoms with Crippen LogP contribution in [-0.2, 0) is 6.54 Å². The van der Waals surface area contributed by atoms with Crippen LogP contribution in [0.25, 0.3) is 10.9 Å². The number of amides is 1. The molecule has 0 saturated carbocycles. The van der Waals surface area contributed by atoms with Gasteiger partial charge in [-0.25, -0.2) is 18.7 Å². The normalized spacial score (nSPS) is 16.2. The number of anilines is 2. The van der Waals surface area contributed by atoms with Gasteiger partial charge in [0.05, 0.1) is 23.1 Å². The fourth-order valence-corrected chi connectivity index (χ4v) is 4.89. The van der Waals surface area contributed by atoms with E-state index in [4.69, 9.17) is 4.74 Å². The van der Waals surface area contributed by atoms with Gasteiger partial charge in [-0.1, -0.05) is 0 Å². The average Bonchev–Trinajstić information content (AvgIpc) is 3.31. The summed E-state index contributed by atoms with van der Waals surface area (Å²) in [6.45, 7) is 7.65. The van der Waals surface area contributed by atoms with E-state index in [0.717, 1.165) is 50.9 Å². The van der Waals surface area contributed by atoms with Crippen molar-refractivity contribution >= 4 is 28.3 Å². The molecule has 40 heavy (non-hydrogen) atoms. The van der Waals surface area contributed by atoms with Crippen molar-refractivity contribution in [1.29, 1.82) is 0 Å². The molecule has 2 aliphatic heterocycles. The summed E-state index contributed by atoms with van der Waals surface area (Å²) in [5.74, 6) is -2.14. The molecule has 4 aromatic rings. The molecule has 0 atom stereocenters. The van der Waals surface area contributed by atoms with Gasteiger partial charge in [-0.15, -0.1) is 0 Å². The van der Waals surface area contributed by atoms with E-state index in [9.17, 15) is 9.18 Å². The maximum absolute atomic E-state index is 15.3. The number of fused-ring (bicyclic) bond motifs is 1. The number of pyridine rings is 1. The third kappa shape index (κ3) is 5.19. The van der Waals surface area contributed by atoms with E-state index in [1.165, 1.54) is 12.4 Å². The smallest absolute Gasteiger partial charge is 0.263 e. The lowest BCUT2D eigenvalue weighted by atomic mass is 10.1. The largest absolute Gasteiger partial charge is 0.435 e. The number of hydrogen-bond donors (Lipinski definition) is 2. The van der Waals surface area contributed by atoms with Gasteiger partial charge in [0, 0.05) is 63.0 Å². The molecule has 0 aliphatic carbocycles. The number of H-pyrrole nitrogens is 1. The molecule has 1 amide bonds. The first kappa shape index (κ1) is 26.1. The molecule has 2 aliphatic rings. The van der Waals surface area contributed by atoms with Crippen LogP contribution in [0.3, 0.4) is 0 Å². The highest BCUT2D eigenvalue weighted by Gasteiger charge is 2.30. The van der Waals surface area contributed by atoms with Gasteiger partial charge in [-0.3, -0.25) is 14.7 Å². The molecule has 2 saturated heterocycles. The minimum Gasteiger partial charge on any atom is -0.435 e.